The SMILES string of the molecule is CCN=CC=CCCl. The van der Waals surface area contributed by atoms with Gasteiger partial charge in [0.25, 0.3) is 0 Å². The number of nitrogens with zero attached hydrogens (tertiary/aromatic N) is 1. The fraction of sp³-hybridized carbons (Fsp3) is 0.500. The van der Waals surface area contributed by atoms with Crippen LogP contribution in [0.4, 0.5) is 0 Å². The van der Waals surface area contributed by atoms with Gasteiger partial charge in [-0.15, -0.1) is 11.6 Å². The smallest absolute Gasteiger partial charge is 0.0407 e. The summed E-state index contributed by atoms with van der Waals surface area (Å²) in [5.41, 5.74) is 0. The molecule has 1 nitrogen and oxygen atoms in total. The van der Waals surface area contributed by atoms with Crippen molar-refractivity contribution in [1.29, 1.82) is 0 Å². The molecule has 0 aromatic heterocycles. The molecule has 0 aliphatic carbocycles. The standard InChI is InChI=1S/C6H10ClN/c1-2-8-6-4-3-5-7/h3-4,6H,2,5H2,1H3. The van der Waals surface area contributed by atoms with Crippen LogP contribution in [-0.4, -0.2) is 18.6 Å². The second-order valence-corrected chi connectivity index (χ2v) is 1.54. The summed E-state index contributed by atoms with van der Waals surface area (Å²) in [5, 5.41) is 0. The van der Waals surface area contributed by atoms with Crippen LogP contribution < -0.4 is 0 Å². The van der Waals surface area contributed by atoms with Crippen molar-refractivity contribution in [3.8, 4) is 0 Å². The molecule has 2 heteroatoms. The van der Waals surface area contributed by atoms with E-state index in [1.54, 1.807) is 6.21 Å². The van der Waals surface area contributed by atoms with Gasteiger partial charge in [-0.05, 0) is 13.0 Å². The fourth-order valence-corrected chi connectivity index (χ4v) is 0.381. The van der Waals surface area contributed by atoms with E-state index in [1.165, 1.54) is 0 Å². The first kappa shape index (κ1) is 7.70. The summed E-state index contributed by atoms with van der Waals surface area (Å²) in [7, 11) is 0. The Morgan fingerprint density at radius 3 is 2.88 bits per heavy atom. The van der Waals surface area contributed by atoms with Gasteiger partial charge in [-0.2, -0.15) is 0 Å². The van der Waals surface area contributed by atoms with E-state index in [1.807, 2.05) is 19.1 Å². The molecule has 0 N–H and O–H groups in total. The van der Waals surface area contributed by atoms with Gasteiger partial charge in [0.1, 0.15) is 0 Å². The molecule has 0 saturated carbocycles. The molecule has 46 valence electrons. The van der Waals surface area contributed by atoms with Crippen molar-refractivity contribution in [1.82, 2.24) is 0 Å². The van der Waals surface area contributed by atoms with Crippen LogP contribution in [-0.2, 0) is 0 Å². The second kappa shape index (κ2) is 6.70. The zero-order valence-corrected chi connectivity index (χ0v) is 5.73. The molecule has 0 atom stereocenters. The van der Waals surface area contributed by atoms with E-state index in [-0.39, 0.29) is 0 Å². The highest BCUT2D eigenvalue weighted by Gasteiger charge is 1.63. The first-order valence-electron chi connectivity index (χ1n) is 2.62. The van der Waals surface area contributed by atoms with E-state index in [2.05, 4.69) is 4.99 Å². The van der Waals surface area contributed by atoms with Crippen molar-refractivity contribution in [2.75, 3.05) is 12.4 Å². The maximum absolute atomic E-state index is 5.33. The first-order chi connectivity index (χ1) is 3.91. The van der Waals surface area contributed by atoms with Gasteiger partial charge in [-0.25, -0.2) is 0 Å². The predicted octanol–water partition coefficient (Wildman–Crippen LogP) is 1.87. The topological polar surface area (TPSA) is 12.4 Å². The second-order valence-electron chi connectivity index (χ2n) is 1.23. The van der Waals surface area contributed by atoms with Gasteiger partial charge in [-0.1, -0.05) is 6.08 Å². The van der Waals surface area contributed by atoms with Crippen LogP contribution in [0.15, 0.2) is 17.1 Å². The van der Waals surface area contributed by atoms with Gasteiger partial charge in [0.2, 0.25) is 0 Å². The van der Waals surface area contributed by atoms with Crippen LogP contribution >= 0.6 is 11.6 Å². The van der Waals surface area contributed by atoms with E-state index in [9.17, 15) is 0 Å². The zero-order chi connectivity index (χ0) is 6.24. The molecule has 8 heavy (non-hydrogen) atoms. The zero-order valence-electron chi connectivity index (χ0n) is 4.97. The minimum atomic E-state index is 0.565. The highest BCUT2D eigenvalue weighted by atomic mass is 35.5. The number of halogens is 1. The Morgan fingerprint density at radius 2 is 2.38 bits per heavy atom. The van der Waals surface area contributed by atoms with Crippen LogP contribution in [0.3, 0.4) is 0 Å². The molecule has 0 aromatic rings. The summed E-state index contributed by atoms with van der Waals surface area (Å²) in [6, 6.07) is 0. The summed E-state index contributed by atoms with van der Waals surface area (Å²) in [6.07, 6.45) is 5.44. The van der Waals surface area contributed by atoms with Crippen molar-refractivity contribution in [3.05, 3.63) is 12.2 Å². The third kappa shape index (κ3) is 5.70. The molecule has 0 bridgehead atoms. The number of allylic oxidation sites excluding steroid dienone is 2. The number of alkyl halides is 1. The third-order valence-electron chi connectivity index (χ3n) is 0.599. The minimum Gasteiger partial charge on any atom is -0.293 e. The van der Waals surface area contributed by atoms with Gasteiger partial charge >= 0.3 is 0 Å². The predicted molar refractivity (Wildman–Crippen MR) is 38.9 cm³/mol. The third-order valence-corrected chi connectivity index (χ3v) is 0.777. The Morgan fingerprint density at radius 1 is 1.62 bits per heavy atom. The molecule has 0 fully saturated rings. The summed E-state index contributed by atoms with van der Waals surface area (Å²) in [5.74, 6) is 0.565. The Bertz CT molecular complexity index is 74.5. The molecule has 0 amide bonds. The number of rotatable bonds is 3. The van der Waals surface area contributed by atoms with E-state index in [0.717, 1.165) is 6.54 Å². The molecule has 0 aliphatic rings. The number of hydrogen-bond acceptors (Lipinski definition) is 1. The van der Waals surface area contributed by atoms with E-state index in [4.69, 9.17) is 11.6 Å². The average Bonchev–Trinajstić information content (AvgIpc) is 1.81. The molecule has 0 spiro atoms. The van der Waals surface area contributed by atoms with Gasteiger partial charge in [-0.3, -0.25) is 4.99 Å². The van der Waals surface area contributed by atoms with Gasteiger partial charge < -0.3 is 0 Å². The Labute approximate surface area is 55.1 Å². The van der Waals surface area contributed by atoms with Gasteiger partial charge in [0.15, 0.2) is 0 Å². The lowest BCUT2D eigenvalue weighted by atomic mass is 10.5. The monoisotopic (exact) mass is 131 g/mol. The summed E-state index contributed by atoms with van der Waals surface area (Å²) in [6.45, 7) is 2.83. The van der Waals surface area contributed by atoms with Crippen molar-refractivity contribution >= 4 is 17.8 Å². The molecule has 0 unspecified atom stereocenters. The van der Waals surface area contributed by atoms with E-state index >= 15 is 0 Å². The highest BCUT2D eigenvalue weighted by molar-refractivity contribution is 6.19. The van der Waals surface area contributed by atoms with Crippen LogP contribution in [0.2, 0.25) is 0 Å². The van der Waals surface area contributed by atoms with Crippen LogP contribution in [0.25, 0.3) is 0 Å². The van der Waals surface area contributed by atoms with Crippen molar-refractivity contribution in [2.45, 2.75) is 6.92 Å². The van der Waals surface area contributed by atoms with Gasteiger partial charge in [0, 0.05) is 18.6 Å². The molecule has 0 heterocycles. The minimum absolute atomic E-state index is 0.565. The molecule has 0 aliphatic heterocycles. The average molecular weight is 132 g/mol. The molecular formula is C6H10ClN. The molecule has 0 aromatic carbocycles. The van der Waals surface area contributed by atoms with E-state index < -0.39 is 0 Å². The maximum atomic E-state index is 5.33. The quantitative estimate of drug-likeness (QED) is 0.410. The lowest BCUT2D eigenvalue weighted by Crippen LogP contribution is -1.68. The van der Waals surface area contributed by atoms with Crippen molar-refractivity contribution in [2.24, 2.45) is 4.99 Å². The highest BCUT2D eigenvalue weighted by Crippen LogP contribution is 1.74. The van der Waals surface area contributed by atoms with Crippen LogP contribution in [0.5, 0.6) is 0 Å². The Hall–Kier alpha value is -0.300. The van der Waals surface area contributed by atoms with Gasteiger partial charge in [0.05, 0.1) is 0 Å². The number of aliphatic imine (C=N–C) groups is 1. The van der Waals surface area contributed by atoms with E-state index in [0.29, 0.717) is 5.88 Å². The van der Waals surface area contributed by atoms with Crippen molar-refractivity contribution in [3.63, 3.8) is 0 Å². The summed E-state index contributed by atoms with van der Waals surface area (Å²) in [4.78, 5) is 3.94. The normalized spacial score (nSPS) is 11.8. The molecule has 0 saturated heterocycles. The largest absolute Gasteiger partial charge is 0.293 e. The lowest BCUT2D eigenvalue weighted by Gasteiger charge is -1.74. The van der Waals surface area contributed by atoms with Crippen LogP contribution in [0, 0.1) is 0 Å². The lowest BCUT2D eigenvalue weighted by molar-refractivity contribution is 1.14. The molecular weight excluding hydrogens is 122 g/mol. The fourth-order valence-electron chi connectivity index (χ4n) is 0.279. The van der Waals surface area contributed by atoms with Crippen molar-refractivity contribution < 1.29 is 0 Å². The first-order valence-corrected chi connectivity index (χ1v) is 3.16. The summed E-state index contributed by atoms with van der Waals surface area (Å²) >= 11 is 5.33. The Kier molecular flexibility index (Phi) is 6.45. The molecule has 0 radical (unpaired) electrons. The van der Waals surface area contributed by atoms with Crippen LogP contribution in [0.1, 0.15) is 6.92 Å². The summed E-state index contributed by atoms with van der Waals surface area (Å²) < 4.78 is 0. The molecule has 0 rings (SSSR count). The number of hydrogen-bond donors (Lipinski definition) is 0. The maximum Gasteiger partial charge on any atom is 0.0407 e. The Balaban J connectivity index is 3.13.